The van der Waals surface area contributed by atoms with Crippen LogP contribution in [0.4, 0.5) is 0 Å². The van der Waals surface area contributed by atoms with Crippen LogP contribution in [0.15, 0.2) is 41.5 Å². The van der Waals surface area contributed by atoms with E-state index in [1.165, 1.54) is 17.5 Å². The molecule has 1 aliphatic carbocycles. The lowest BCUT2D eigenvalue weighted by molar-refractivity contribution is 0.461. The van der Waals surface area contributed by atoms with Crippen molar-refractivity contribution in [3.05, 3.63) is 53.2 Å². The van der Waals surface area contributed by atoms with Gasteiger partial charge in [0, 0.05) is 31.9 Å². The Balaban J connectivity index is 1.59. The Kier molecular flexibility index (Phi) is 5.22. The smallest absolute Gasteiger partial charge is 0.219 e. The van der Waals surface area contributed by atoms with Gasteiger partial charge >= 0.3 is 0 Å². The number of pyridine rings is 1. The molecule has 2 aromatic rings. The van der Waals surface area contributed by atoms with Crippen molar-refractivity contribution in [2.75, 3.05) is 7.05 Å². The van der Waals surface area contributed by atoms with Crippen LogP contribution in [0.5, 0.6) is 11.6 Å². The van der Waals surface area contributed by atoms with E-state index in [2.05, 4.69) is 47.4 Å². The van der Waals surface area contributed by atoms with Gasteiger partial charge in [-0.3, -0.25) is 4.99 Å². The van der Waals surface area contributed by atoms with Crippen molar-refractivity contribution in [3.63, 3.8) is 0 Å². The largest absolute Gasteiger partial charge is 0.439 e. The molecule has 1 aliphatic rings. The average Bonchev–Trinajstić information content (AvgIpc) is 3.30. The zero-order chi connectivity index (χ0) is 17.8. The minimum absolute atomic E-state index is 0.548. The fourth-order valence-corrected chi connectivity index (χ4v) is 2.59. The highest BCUT2D eigenvalue weighted by Crippen LogP contribution is 2.28. The lowest BCUT2D eigenvalue weighted by atomic mass is 10.1. The molecule has 2 unspecified atom stereocenters. The fraction of sp³-hybridized carbons (Fsp3) is 0.400. The molecule has 25 heavy (non-hydrogen) atoms. The van der Waals surface area contributed by atoms with Crippen LogP contribution in [0.25, 0.3) is 0 Å². The van der Waals surface area contributed by atoms with Gasteiger partial charge in [0.25, 0.3) is 0 Å². The van der Waals surface area contributed by atoms with E-state index in [9.17, 15) is 0 Å². The summed E-state index contributed by atoms with van der Waals surface area (Å²) in [5, 5.41) is 6.76. The van der Waals surface area contributed by atoms with Crippen LogP contribution >= 0.6 is 0 Å². The maximum Gasteiger partial charge on any atom is 0.219 e. The molecule has 5 heteroatoms. The summed E-state index contributed by atoms with van der Waals surface area (Å²) in [7, 11) is 1.79. The van der Waals surface area contributed by atoms with E-state index in [1.807, 2.05) is 24.3 Å². The van der Waals surface area contributed by atoms with Crippen molar-refractivity contribution in [1.82, 2.24) is 15.6 Å². The molecule has 0 spiro atoms. The van der Waals surface area contributed by atoms with Gasteiger partial charge in [0.05, 0.1) is 0 Å². The Morgan fingerprint density at radius 3 is 2.72 bits per heavy atom. The van der Waals surface area contributed by atoms with E-state index in [4.69, 9.17) is 4.74 Å². The second-order valence-electron chi connectivity index (χ2n) is 6.74. The van der Waals surface area contributed by atoms with Crippen molar-refractivity contribution < 1.29 is 4.74 Å². The summed E-state index contributed by atoms with van der Waals surface area (Å²) >= 11 is 0. The van der Waals surface area contributed by atoms with Gasteiger partial charge in [-0.2, -0.15) is 0 Å². The summed E-state index contributed by atoms with van der Waals surface area (Å²) in [4.78, 5) is 8.58. The first kappa shape index (κ1) is 17.3. The number of rotatable bonds is 5. The molecule has 1 fully saturated rings. The number of hydrogen-bond acceptors (Lipinski definition) is 3. The van der Waals surface area contributed by atoms with E-state index in [1.54, 1.807) is 13.2 Å². The molecule has 0 radical (unpaired) electrons. The third-order valence-corrected chi connectivity index (χ3v) is 4.62. The van der Waals surface area contributed by atoms with Crippen LogP contribution in [0.1, 0.15) is 30.0 Å². The lowest BCUT2D eigenvalue weighted by Gasteiger charge is -2.12. The minimum Gasteiger partial charge on any atom is -0.439 e. The summed E-state index contributed by atoms with van der Waals surface area (Å²) < 4.78 is 5.89. The predicted molar refractivity (Wildman–Crippen MR) is 101 cm³/mol. The van der Waals surface area contributed by atoms with Gasteiger partial charge in [-0.25, -0.2) is 4.98 Å². The maximum atomic E-state index is 5.89. The maximum absolute atomic E-state index is 5.89. The first-order valence-corrected chi connectivity index (χ1v) is 8.72. The van der Waals surface area contributed by atoms with Gasteiger partial charge < -0.3 is 15.4 Å². The topological polar surface area (TPSA) is 58.5 Å². The van der Waals surface area contributed by atoms with E-state index in [0.717, 1.165) is 23.2 Å². The standard InChI is InChI=1S/C20H26N4O/c1-13-5-6-17(9-14(13)2)25-19-11-16(7-8-22-19)12-23-20(21-4)24-18-10-15(18)3/h5-9,11,15,18H,10,12H2,1-4H3,(H2,21,23,24). The Morgan fingerprint density at radius 1 is 1.24 bits per heavy atom. The summed E-state index contributed by atoms with van der Waals surface area (Å²) in [6.45, 7) is 7.08. The van der Waals surface area contributed by atoms with Gasteiger partial charge in [0.1, 0.15) is 5.75 Å². The third-order valence-electron chi connectivity index (χ3n) is 4.62. The van der Waals surface area contributed by atoms with E-state index in [0.29, 0.717) is 18.5 Å². The molecule has 0 bridgehead atoms. The number of ether oxygens (including phenoxy) is 1. The number of nitrogens with zero attached hydrogens (tertiary/aromatic N) is 2. The van der Waals surface area contributed by atoms with Crippen LogP contribution < -0.4 is 15.4 Å². The van der Waals surface area contributed by atoms with Crippen molar-refractivity contribution in [3.8, 4) is 11.6 Å². The zero-order valence-corrected chi connectivity index (χ0v) is 15.3. The third kappa shape index (κ3) is 4.72. The normalized spacial score (nSPS) is 19.4. The molecular weight excluding hydrogens is 312 g/mol. The van der Waals surface area contributed by atoms with Gasteiger partial charge in [0.2, 0.25) is 5.88 Å². The SMILES string of the molecule is CN=C(NCc1ccnc(Oc2ccc(C)c(C)c2)c1)NC1CC1C. The summed E-state index contributed by atoms with van der Waals surface area (Å²) in [6.07, 6.45) is 2.98. The number of hydrogen-bond donors (Lipinski definition) is 2. The van der Waals surface area contributed by atoms with E-state index < -0.39 is 0 Å². The van der Waals surface area contributed by atoms with E-state index in [-0.39, 0.29) is 0 Å². The monoisotopic (exact) mass is 338 g/mol. The fourth-order valence-electron chi connectivity index (χ4n) is 2.59. The van der Waals surface area contributed by atoms with Gasteiger partial charge in [0.15, 0.2) is 5.96 Å². The molecule has 0 amide bonds. The number of aromatic nitrogens is 1. The van der Waals surface area contributed by atoms with Crippen LogP contribution in [0, 0.1) is 19.8 Å². The van der Waals surface area contributed by atoms with Crippen molar-refractivity contribution in [2.45, 2.75) is 39.8 Å². The Hall–Kier alpha value is -2.56. The molecule has 2 atom stereocenters. The quantitative estimate of drug-likeness (QED) is 0.646. The first-order valence-electron chi connectivity index (χ1n) is 8.72. The number of benzene rings is 1. The Bertz CT molecular complexity index is 772. The molecule has 1 aromatic heterocycles. The van der Waals surface area contributed by atoms with Crippen molar-refractivity contribution >= 4 is 5.96 Å². The molecule has 3 rings (SSSR count). The van der Waals surface area contributed by atoms with Gasteiger partial charge in [-0.15, -0.1) is 0 Å². The summed E-state index contributed by atoms with van der Waals surface area (Å²) in [5.41, 5.74) is 3.56. The first-order chi connectivity index (χ1) is 12.0. The van der Waals surface area contributed by atoms with Gasteiger partial charge in [-0.05, 0) is 61.1 Å². The number of aliphatic imine (C=N–C) groups is 1. The lowest BCUT2D eigenvalue weighted by Crippen LogP contribution is -2.38. The Labute approximate surface area is 149 Å². The summed E-state index contributed by atoms with van der Waals surface area (Å²) in [5.74, 6) is 2.97. The Morgan fingerprint density at radius 2 is 2.04 bits per heavy atom. The number of aryl methyl sites for hydroxylation is 2. The molecule has 0 aliphatic heterocycles. The number of guanidine groups is 1. The number of nitrogens with one attached hydrogen (secondary N) is 2. The molecule has 0 saturated heterocycles. The highest BCUT2D eigenvalue weighted by molar-refractivity contribution is 5.80. The molecule has 2 N–H and O–H groups in total. The zero-order valence-electron chi connectivity index (χ0n) is 15.3. The molecule has 1 heterocycles. The molecule has 1 aromatic carbocycles. The highest BCUT2D eigenvalue weighted by Gasteiger charge is 2.33. The predicted octanol–water partition coefficient (Wildman–Crippen LogP) is 3.56. The average molecular weight is 338 g/mol. The molecule has 1 saturated carbocycles. The molecular formula is C20H26N4O. The highest BCUT2D eigenvalue weighted by atomic mass is 16.5. The van der Waals surface area contributed by atoms with Crippen molar-refractivity contribution in [2.24, 2.45) is 10.9 Å². The molecule has 5 nitrogen and oxygen atoms in total. The van der Waals surface area contributed by atoms with Crippen molar-refractivity contribution in [1.29, 1.82) is 0 Å². The van der Waals surface area contributed by atoms with Crippen LogP contribution in [-0.4, -0.2) is 24.0 Å². The van der Waals surface area contributed by atoms with Crippen LogP contribution in [0.2, 0.25) is 0 Å². The van der Waals surface area contributed by atoms with Gasteiger partial charge in [-0.1, -0.05) is 13.0 Å². The van der Waals surface area contributed by atoms with E-state index >= 15 is 0 Å². The second-order valence-corrected chi connectivity index (χ2v) is 6.74. The molecule has 132 valence electrons. The van der Waals surface area contributed by atoms with Crippen LogP contribution in [0.3, 0.4) is 0 Å². The van der Waals surface area contributed by atoms with Crippen LogP contribution in [-0.2, 0) is 6.54 Å². The minimum atomic E-state index is 0.548. The summed E-state index contributed by atoms with van der Waals surface area (Å²) in [6, 6.07) is 10.5. The second kappa shape index (κ2) is 7.55.